The number of anilines is 3. The van der Waals surface area contributed by atoms with Crippen molar-refractivity contribution in [2.24, 2.45) is 0 Å². The number of nitrogens with zero attached hydrogens (tertiary/aromatic N) is 4. The number of rotatable bonds is 8. The molecule has 216 valence electrons. The zero-order valence-corrected chi connectivity index (χ0v) is 24.3. The van der Waals surface area contributed by atoms with Crippen LogP contribution in [0.2, 0.25) is 0 Å². The first-order chi connectivity index (χ1) is 20.3. The third-order valence-electron chi connectivity index (χ3n) is 6.97. The maximum absolute atomic E-state index is 12.6. The maximum atomic E-state index is 12.6. The molecule has 6 rings (SSSR count). The number of hydrogen-bond donors (Lipinski definition) is 4. The minimum atomic E-state index is -3.82. The molecule has 42 heavy (non-hydrogen) atoms. The summed E-state index contributed by atoms with van der Waals surface area (Å²) in [6.07, 6.45) is 5.47. The van der Waals surface area contributed by atoms with Crippen molar-refractivity contribution in [1.29, 1.82) is 0 Å². The molecule has 0 bridgehead atoms. The number of aromatic amines is 2. The first kappa shape index (κ1) is 27.4. The standard InChI is InChI=1S/C27H27N9O4S2/c1-39-21-12-19-20(13-22(21)40-2)34-24-23(19)25(31-15-30-24)36-11-8-17(14-36)33-27(41)32-16-4-6-18(7-5-16)42(37,38)35-26-28-9-3-10-29-26/h3-7,9-10,12-13,15,17H,8,11,14H2,1-2H3,(H,28,29,35)(H,30,31,34)(H2,32,33,41)/p+1. The van der Waals surface area contributed by atoms with E-state index in [0.717, 1.165) is 40.7 Å². The average Bonchev–Trinajstić information content (AvgIpc) is 3.61. The van der Waals surface area contributed by atoms with Crippen LogP contribution in [0.15, 0.2) is 66.1 Å². The number of aromatic nitrogens is 5. The Morgan fingerprint density at radius 2 is 1.83 bits per heavy atom. The van der Waals surface area contributed by atoms with Gasteiger partial charge in [0.05, 0.1) is 43.8 Å². The molecule has 4 heterocycles. The first-order valence-electron chi connectivity index (χ1n) is 13.0. The monoisotopic (exact) mass is 606 g/mol. The highest BCUT2D eigenvalue weighted by molar-refractivity contribution is 7.92. The summed E-state index contributed by atoms with van der Waals surface area (Å²) in [5.41, 5.74) is 2.32. The van der Waals surface area contributed by atoms with Gasteiger partial charge in [0.15, 0.2) is 16.6 Å². The second kappa shape index (κ2) is 11.3. The van der Waals surface area contributed by atoms with E-state index in [1.54, 1.807) is 38.7 Å². The van der Waals surface area contributed by atoms with Gasteiger partial charge < -0.3 is 25.1 Å². The third kappa shape index (κ3) is 5.43. The number of fused-ring (bicyclic) bond motifs is 3. The molecule has 0 radical (unpaired) electrons. The summed E-state index contributed by atoms with van der Waals surface area (Å²) in [7, 11) is -0.593. The fourth-order valence-electron chi connectivity index (χ4n) is 5.01. The number of sulfonamides is 1. The van der Waals surface area contributed by atoms with E-state index in [9.17, 15) is 8.42 Å². The van der Waals surface area contributed by atoms with Gasteiger partial charge in [-0.3, -0.25) is 4.90 Å². The number of thiocarbonyl (C=S) groups is 1. The Morgan fingerprint density at radius 3 is 2.57 bits per heavy atom. The highest BCUT2D eigenvalue weighted by Crippen LogP contribution is 2.38. The van der Waals surface area contributed by atoms with Gasteiger partial charge in [0.1, 0.15) is 5.39 Å². The second-order valence-electron chi connectivity index (χ2n) is 9.58. The van der Waals surface area contributed by atoms with E-state index >= 15 is 0 Å². The van der Waals surface area contributed by atoms with E-state index in [-0.39, 0.29) is 16.9 Å². The molecule has 15 heteroatoms. The number of methoxy groups -OCH3 is 2. The van der Waals surface area contributed by atoms with Crippen molar-refractivity contribution in [2.45, 2.75) is 17.4 Å². The fraction of sp³-hybridized carbons (Fsp3) is 0.222. The Labute approximate surface area is 246 Å². The molecule has 1 saturated heterocycles. The minimum absolute atomic E-state index is 0.00503. The molecule has 0 amide bonds. The Balaban J connectivity index is 1.12. The van der Waals surface area contributed by atoms with Gasteiger partial charge in [0.25, 0.3) is 10.0 Å². The fourth-order valence-corrected chi connectivity index (χ4v) is 6.25. The predicted octanol–water partition coefficient (Wildman–Crippen LogP) is 2.70. The zero-order chi connectivity index (χ0) is 29.3. The first-order valence-corrected chi connectivity index (χ1v) is 14.9. The summed E-state index contributed by atoms with van der Waals surface area (Å²) in [4.78, 5) is 21.4. The van der Waals surface area contributed by atoms with Crippen LogP contribution in [0.1, 0.15) is 6.42 Å². The lowest BCUT2D eigenvalue weighted by molar-refractivity contribution is -0.366. The molecule has 0 aliphatic carbocycles. The molecule has 13 nitrogen and oxygen atoms in total. The number of nitrogens with one attached hydrogen (secondary N) is 5. The molecular weight excluding hydrogens is 578 g/mol. The van der Waals surface area contributed by atoms with E-state index in [1.165, 1.54) is 24.5 Å². The highest BCUT2D eigenvalue weighted by atomic mass is 32.2. The number of hydrogen-bond acceptors (Lipinski definition) is 9. The van der Waals surface area contributed by atoms with Gasteiger partial charge in [-0.2, -0.15) is 0 Å². The van der Waals surface area contributed by atoms with Crippen molar-refractivity contribution >= 4 is 66.7 Å². The van der Waals surface area contributed by atoms with Crippen LogP contribution in [0.3, 0.4) is 0 Å². The van der Waals surface area contributed by atoms with E-state index in [0.29, 0.717) is 28.8 Å². The molecule has 3 aromatic heterocycles. The van der Waals surface area contributed by atoms with Gasteiger partial charge in [-0.1, -0.05) is 4.98 Å². The molecule has 5 aromatic rings. The van der Waals surface area contributed by atoms with Crippen LogP contribution in [0, 0.1) is 0 Å². The largest absolute Gasteiger partial charge is 0.493 e. The average molecular weight is 607 g/mol. The molecule has 1 atom stereocenters. The van der Waals surface area contributed by atoms with E-state index in [2.05, 4.69) is 45.2 Å². The molecule has 5 N–H and O–H groups in total. The zero-order valence-electron chi connectivity index (χ0n) is 22.7. The molecular formula is C27H28N9O4S2+. The Hall–Kier alpha value is -4.76. The lowest BCUT2D eigenvalue weighted by atomic mass is 10.1. The van der Waals surface area contributed by atoms with E-state index in [4.69, 9.17) is 21.7 Å². The topological polar surface area (TPSA) is 161 Å². The molecule has 1 fully saturated rings. The molecule has 0 spiro atoms. The van der Waals surface area contributed by atoms with Crippen molar-refractivity contribution in [1.82, 2.24) is 25.3 Å². The van der Waals surface area contributed by atoms with Crippen molar-refractivity contribution in [3.63, 3.8) is 0 Å². The van der Waals surface area contributed by atoms with E-state index in [1.807, 2.05) is 12.1 Å². The predicted molar refractivity (Wildman–Crippen MR) is 163 cm³/mol. The minimum Gasteiger partial charge on any atom is -0.493 e. The van der Waals surface area contributed by atoms with Crippen molar-refractivity contribution in [3.05, 3.63) is 61.2 Å². The summed E-state index contributed by atoms with van der Waals surface area (Å²) >= 11 is 5.56. The third-order valence-corrected chi connectivity index (χ3v) is 8.53. The van der Waals surface area contributed by atoms with Crippen LogP contribution < -0.4 is 34.7 Å². The van der Waals surface area contributed by atoms with Gasteiger partial charge in [-0.25, -0.2) is 28.1 Å². The summed E-state index contributed by atoms with van der Waals surface area (Å²) in [6.45, 7) is 1.52. The van der Waals surface area contributed by atoms with Crippen LogP contribution in [-0.2, 0) is 10.0 Å². The lowest BCUT2D eigenvalue weighted by Gasteiger charge is -2.17. The van der Waals surface area contributed by atoms with Crippen LogP contribution in [0.5, 0.6) is 11.5 Å². The van der Waals surface area contributed by atoms with Crippen LogP contribution in [-0.4, -0.2) is 66.8 Å². The van der Waals surface area contributed by atoms with Gasteiger partial charge >= 0.3 is 0 Å². The number of H-pyrrole nitrogens is 2. The summed E-state index contributed by atoms with van der Waals surface area (Å²) in [6, 6.07) is 11.8. The summed E-state index contributed by atoms with van der Waals surface area (Å²) < 4.78 is 38.6. The summed E-state index contributed by atoms with van der Waals surface area (Å²) in [5, 5.41) is 8.91. The Kier molecular flexibility index (Phi) is 7.34. The Morgan fingerprint density at radius 1 is 1.10 bits per heavy atom. The molecule has 1 aliphatic heterocycles. The van der Waals surface area contributed by atoms with Crippen molar-refractivity contribution in [3.8, 4) is 11.5 Å². The normalized spacial score (nSPS) is 15.1. The highest BCUT2D eigenvalue weighted by Gasteiger charge is 2.31. The van der Waals surface area contributed by atoms with E-state index < -0.39 is 10.0 Å². The number of benzene rings is 2. The van der Waals surface area contributed by atoms with Gasteiger partial charge in [-0.05, 0) is 48.6 Å². The van der Waals surface area contributed by atoms with Crippen LogP contribution >= 0.6 is 12.2 Å². The smallest absolute Gasteiger partial charge is 0.264 e. The molecule has 0 saturated carbocycles. The maximum Gasteiger partial charge on any atom is 0.264 e. The molecule has 1 unspecified atom stereocenters. The van der Waals surface area contributed by atoms with Gasteiger partial charge in [-0.15, -0.1) is 0 Å². The van der Waals surface area contributed by atoms with Crippen LogP contribution in [0.4, 0.5) is 17.5 Å². The number of ether oxygens (including phenoxy) is 2. The van der Waals surface area contributed by atoms with Gasteiger partial charge in [0.2, 0.25) is 23.7 Å². The second-order valence-corrected chi connectivity index (χ2v) is 11.7. The quantitative estimate of drug-likeness (QED) is 0.192. The molecule has 1 aliphatic rings. The lowest BCUT2D eigenvalue weighted by Crippen LogP contribution is -2.40. The summed E-state index contributed by atoms with van der Waals surface area (Å²) in [5.74, 6) is 2.24. The Bertz CT molecular complexity index is 1870. The van der Waals surface area contributed by atoms with Gasteiger partial charge in [0, 0.05) is 36.0 Å². The van der Waals surface area contributed by atoms with Crippen molar-refractivity contribution < 1.29 is 22.9 Å². The SMILES string of the molecule is COc1cc2[nH]c3nc[nH+]c(N4CCC(NC(=S)Nc5ccc(S(=O)(=O)Nc6ncccn6)cc5)C4)c3c2cc1OC. The molecule has 2 aromatic carbocycles. The van der Waals surface area contributed by atoms with Crippen molar-refractivity contribution in [2.75, 3.05) is 42.2 Å². The van der Waals surface area contributed by atoms with Crippen LogP contribution in [0.25, 0.3) is 21.9 Å².